The third-order valence-corrected chi connectivity index (χ3v) is 3.06. The highest BCUT2D eigenvalue weighted by molar-refractivity contribution is 5.66. The predicted octanol–water partition coefficient (Wildman–Crippen LogP) is 3.19. The van der Waals surface area contributed by atoms with Crippen LogP contribution in [0.2, 0.25) is 0 Å². The number of rotatable bonds is 5. The van der Waals surface area contributed by atoms with Crippen LogP contribution in [-0.2, 0) is 0 Å². The average Bonchev–Trinajstić information content (AvgIpc) is 2.47. The van der Waals surface area contributed by atoms with Crippen LogP contribution in [0.3, 0.4) is 0 Å². The van der Waals surface area contributed by atoms with E-state index in [1.54, 1.807) is 12.4 Å². The number of nitrogens with one attached hydrogen (secondary N) is 1. The molecule has 0 unspecified atom stereocenters. The van der Waals surface area contributed by atoms with E-state index in [-0.39, 0.29) is 5.92 Å². The van der Waals surface area contributed by atoms with E-state index >= 15 is 0 Å². The van der Waals surface area contributed by atoms with E-state index in [1.807, 2.05) is 6.92 Å². The summed E-state index contributed by atoms with van der Waals surface area (Å²) in [5.41, 5.74) is 2.87. The maximum absolute atomic E-state index is 4.68. The Hall–Kier alpha value is -2.04. The fourth-order valence-corrected chi connectivity index (χ4v) is 1.91. The maximum atomic E-state index is 4.68. The van der Waals surface area contributed by atoms with Crippen molar-refractivity contribution < 1.29 is 0 Å². The average molecular weight is 271 g/mol. The Kier molecular flexibility index (Phi) is 4.61. The van der Waals surface area contributed by atoms with Crippen molar-refractivity contribution in [3.63, 3.8) is 0 Å². The van der Waals surface area contributed by atoms with Gasteiger partial charge in [-0.1, -0.05) is 20.8 Å². The highest BCUT2D eigenvalue weighted by Crippen LogP contribution is 2.26. The summed E-state index contributed by atoms with van der Waals surface area (Å²) in [5.74, 6) is 2.03. The summed E-state index contributed by atoms with van der Waals surface area (Å²) in [5, 5.41) is 3.38. The molecule has 0 aliphatic rings. The van der Waals surface area contributed by atoms with Crippen molar-refractivity contribution in [3.05, 3.63) is 30.1 Å². The normalized spacial score (nSPS) is 10.8. The van der Waals surface area contributed by atoms with Gasteiger partial charge in [-0.3, -0.25) is 0 Å². The lowest BCUT2D eigenvalue weighted by Gasteiger charge is -2.15. The molecule has 5 heteroatoms. The van der Waals surface area contributed by atoms with Crippen LogP contribution in [0, 0.1) is 6.92 Å². The molecule has 0 atom stereocenters. The SMILES string of the molecule is CCCNc1nc(C(C)C)nc(-c2cncnc2)c1C. The van der Waals surface area contributed by atoms with Gasteiger partial charge in [-0.25, -0.2) is 19.9 Å². The molecule has 0 aromatic carbocycles. The molecule has 0 aliphatic carbocycles. The Morgan fingerprint density at radius 2 is 1.85 bits per heavy atom. The standard InChI is InChI=1S/C15H21N5/c1-5-6-18-15-11(4)13(12-7-16-9-17-8-12)19-14(20-15)10(2)3/h7-10H,5-6H2,1-4H3,(H,18,19,20). The molecule has 2 rings (SSSR count). The minimum absolute atomic E-state index is 0.279. The Labute approximate surface area is 119 Å². The molecular formula is C15H21N5. The zero-order chi connectivity index (χ0) is 14.5. The molecule has 0 bridgehead atoms. The molecular weight excluding hydrogens is 250 g/mol. The third kappa shape index (κ3) is 3.10. The first-order valence-electron chi connectivity index (χ1n) is 7.01. The van der Waals surface area contributed by atoms with Gasteiger partial charge in [0.25, 0.3) is 0 Å². The van der Waals surface area contributed by atoms with Gasteiger partial charge in [-0.2, -0.15) is 0 Å². The van der Waals surface area contributed by atoms with Gasteiger partial charge in [0.2, 0.25) is 0 Å². The van der Waals surface area contributed by atoms with Crippen molar-refractivity contribution in [3.8, 4) is 11.3 Å². The largest absolute Gasteiger partial charge is 0.370 e. The van der Waals surface area contributed by atoms with Crippen LogP contribution in [0.4, 0.5) is 5.82 Å². The van der Waals surface area contributed by atoms with E-state index in [2.05, 4.69) is 46.0 Å². The van der Waals surface area contributed by atoms with Crippen LogP contribution in [0.1, 0.15) is 44.5 Å². The van der Waals surface area contributed by atoms with Crippen molar-refractivity contribution in [2.45, 2.75) is 40.0 Å². The summed E-state index contributed by atoms with van der Waals surface area (Å²) in [6.07, 6.45) is 6.16. The lowest BCUT2D eigenvalue weighted by atomic mass is 10.1. The molecule has 0 spiro atoms. The van der Waals surface area contributed by atoms with E-state index in [0.29, 0.717) is 0 Å². The fraction of sp³-hybridized carbons (Fsp3) is 0.467. The summed E-state index contributed by atoms with van der Waals surface area (Å²) in [7, 11) is 0. The smallest absolute Gasteiger partial charge is 0.133 e. The zero-order valence-corrected chi connectivity index (χ0v) is 12.5. The molecule has 0 radical (unpaired) electrons. The number of nitrogens with zero attached hydrogens (tertiary/aromatic N) is 4. The van der Waals surface area contributed by atoms with Crippen LogP contribution < -0.4 is 5.32 Å². The first-order chi connectivity index (χ1) is 9.63. The number of aromatic nitrogens is 4. The molecule has 2 aromatic rings. The lowest BCUT2D eigenvalue weighted by molar-refractivity contribution is 0.772. The first-order valence-corrected chi connectivity index (χ1v) is 7.01. The molecule has 106 valence electrons. The quantitative estimate of drug-likeness (QED) is 0.904. The van der Waals surface area contributed by atoms with Gasteiger partial charge in [-0.05, 0) is 13.3 Å². The summed E-state index contributed by atoms with van der Waals surface area (Å²) in [6.45, 7) is 9.27. The topological polar surface area (TPSA) is 63.6 Å². The monoisotopic (exact) mass is 271 g/mol. The van der Waals surface area contributed by atoms with Crippen molar-refractivity contribution in [1.29, 1.82) is 0 Å². The lowest BCUT2D eigenvalue weighted by Crippen LogP contribution is -2.10. The maximum Gasteiger partial charge on any atom is 0.133 e. The summed E-state index contributed by atoms with van der Waals surface area (Å²) in [6, 6.07) is 0. The summed E-state index contributed by atoms with van der Waals surface area (Å²) in [4.78, 5) is 17.5. The van der Waals surface area contributed by atoms with E-state index in [4.69, 9.17) is 0 Å². The Morgan fingerprint density at radius 1 is 1.15 bits per heavy atom. The molecule has 0 saturated heterocycles. The summed E-state index contributed by atoms with van der Waals surface area (Å²) >= 11 is 0. The van der Waals surface area contributed by atoms with Crippen molar-refractivity contribution in [2.24, 2.45) is 0 Å². The van der Waals surface area contributed by atoms with Crippen LogP contribution in [0.15, 0.2) is 18.7 Å². The molecule has 1 N–H and O–H groups in total. The minimum atomic E-state index is 0.279. The van der Waals surface area contributed by atoms with E-state index < -0.39 is 0 Å². The second kappa shape index (κ2) is 6.41. The van der Waals surface area contributed by atoms with Crippen molar-refractivity contribution >= 4 is 5.82 Å². The van der Waals surface area contributed by atoms with E-state index in [0.717, 1.165) is 41.4 Å². The second-order valence-corrected chi connectivity index (χ2v) is 5.11. The zero-order valence-electron chi connectivity index (χ0n) is 12.5. The Morgan fingerprint density at radius 3 is 2.45 bits per heavy atom. The van der Waals surface area contributed by atoms with Gasteiger partial charge in [0, 0.05) is 36.0 Å². The second-order valence-electron chi connectivity index (χ2n) is 5.11. The van der Waals surface area contributed by atoms with Crippen LogP contribution >= 0.6 is 0 Å². The van der Waals surface area contributed by atoms with Crippen molar-refractivity contribution in [1.82, 2.24) is 19.9 Å². The van der Waals surface area contributed by atoms with Crippen LogP contribution in [0.25, 0.3) is 11.3 Å². The van der Waals surface area contributed by atoms with Gasteiger partial charge < -0.3 is 5.32 Å². The molecule has 2 aromatic heterocycles. The van der Waals surface area contributed by atoms with Crippen LogP contribution in [0.5, 0.6) is 0 Å². The molecule has 0 amide bonds. The van der Waals surface area contributed by atoms with Gasteiger partial charge in [-0.15, -0.1) is 0 Å². The van der Waals surface area contributed by atoms with Gasteiger partial charge >= 0.3 is 0 Å². The number of hydrogen-bond acceptors (Lipinski definition) is 5. The van der Waals surface area contributed by atoms with E-state index in [9.17, 15) is 0 Å². The van der Waals surface area contributed by atoms with Gasteiger partial charge in [0.15, 0.2) is 0 Å². The predicted molar refractivity (Wildman–Crippen MR) is 80.7 cm³/mol. The van der Waals surface area contributed by atoms with Crippen LogP contribution in [-0.4, -0.2) is 26.5 Å². The third-order valence-electron chi connectivity index (χ3n) is 3.06. The Balaban J connectivity index is 2.52. The van der Waals surface area contributed by atoms with Gasteiger partial charge in [0.05, 0.1) is 5.69 Å². The molecule has 0 saturated carbocycles. The first kappa shape index (κ1) is 14.4. The van der Waals surface area contributed by atoms with E-state index in [1.165, 1.54) is 6.33 Å². The minimum Gasteiger partial charge on any atom is -0.370 e. The summed E-state index contributed by atoms with van der Waals surface area (Å²) < 4.78 is 0. The highest BCUT2D eigenvalue weighted by atomic mass is 15.0. The molecule has 2 heterocycles. The highest BCUT2D eigenvalue weighted by Gasteiger charge is 2.14. The number of hydrogen-bond donors (Lipinski definition) is 1. The van der Waals surface area contributed by atoms with Crippen molar-refractivity contribution in [2.75, 3.05) is 11.9 Å². The molecule has 0 fully saturated rings. The Bertz CT molecular complexity index is 566. The fourth-order valence-electron chi connectivity index (χ4n) is 1.91. The molecule has 0 aliphatic heterocycles. The molecule has 5 nitrogen and oxygen atoms in total. The van der Waals surface area contributed by atoms with Gasteiger partial charge in [0.1, 0.15) is 18.0 Å². The number of anilines is 1. The molecule has 20 heavy (non-hydrogen) atoms.